The molecule has 1 aliphatic carbocycles. The standard InChI is InChI=1S/C13H14O/c1-9-7-8-11-10-5-3-4-6-12(10)14-13(9,11)2/h3-9,11H,1-2H3/t9-,11-,13-/m1/s1. The van der Waals surface area contributed by atoms with Crippen LogP contribution in [0.25, 0.3) is 0 Å². The minimum absolute atomic E-state index is 0.0380. The first-order chi connectivity index (χ1) is 6.72. The summed E-state index contributed by atoms with van der Waals surface area (Å²) < 4.78 is 6.07. The lowest BCUT2D eigenvalue weighted by Crippen LogP contribution is -2.36. The van der Waals surface area contributed by atoms with E-state index in [1.165, 1.54) is 5.56 Å². The number of hydrogen-bond acceptors (Lipinski definition) is 1. The molecule has 0 saturated heterocycles. The molecule has 0 N–H and O–H groups in total. The monoisotopic (exact) mass is 186 g/mol. The Morgan fingerprint density at radius 1 is 1.21 bits per heavy atom. The van der Waals surface area contributed by atoms with Crippen molar-refractivity contribution in [3.63, 3.8) is 0 Å². The summed E-state index contributed by atoms with van der Waals surface area (Å²) in [6, 6.07) is 8.37. The summed E-state index contributed by atoms with van der Waals surface area (Å²) in [6.07, 6.45) is 4.55. The predicted octanol–water partition coefficient (Wildman–Crippen LogP) is 3.13. The Hall–Kier alpha value is -1.24. The molecule has 2 aliphatic rings. The van der Waals surface area contributed by atoms with Crippen LogP contribution in [0.5, 0.6) is 5.75 Å². The molecule has 3 rings (SSSR count). The Kier molecular flexibility index (Phi) is 1.40. The van der Waals surface area contributed by atoms with Gasteiger partial charge < -0.3 is 4.74 Å². The first-order valence-corrected chi connectivity index (χ1v) is 5.18. The summed E-state index contributed by atoms with van der Waals surface area (Å²) >= 11 is 0. The number of benzene rings is 1. The van der Waals surface area contributed by atoms with Crippen molar-refractivity contribution in [2.24, 2.45) is 5.92 Å². The zero-order valence-electron chi connectivity index (χ0n) is 8.53. The summed E-state index contributed by atoms with van der Waals surface area (Å²) in [5.41, 5.74) is 1.31. The van der Waals surface area contributed by atoms with Gasteiger partial charge in [-0.15, -0.1) is 0 Å². The van der Waals surface area contributed by atoms with Gasteiger partial charge in [0.1, 0.15) is 11.4 Å². The maximum Gasteiger partial charge on any atom is 0.124 e. The molecule has 3 atom stereocenters. The van der Waals surface area contributed by atoms with Gasteiger partial charge in [-0.2, -0.15) is 0 Å². The van der Waals surface area contributed by atoms with Crippen LogP contribution in [0.4, 0.5) is 0 Å². The fourth-order valence-electron chi connectivity index (χ4n) is 2.58. The highest BCUT2D eigenvalue weighted by atomic mass is 16.5. The van der Waals surface area contributed by atoms with E-state index in [-0.39, 0.29) is 5.60 Å². The summed E-state index contributed by atoms with van der Waals surface area (Å²) in [6.45, 7) is 4.44. The van der Waals surface area contributed by atoms with Crippen LogP contribution in [-0.4, -0.2) is 5.60 Å². The molecule has 0 bridgehead atoms. The maximum absolute atomic E-state index is 6.07. The van der Waals surface area contributed by atoms with E-state index in [2.05, 4.69) is 44.2 Å². The molecule has 1 heterocycles. The number of para-hydroxylation sites is 1. The largest absolute Gasteiger partial charge is 0.486 e. The van der Waals surface area contributed by atoms with E-state index < -0.39 is 0 Å². The molecule has 1 heteroatoms. The van der Waals surface area contributed by atoms with E-state index >= 15 is 0 Å². The zero-order valence-corrected chi connectivity index (χ0v) is 8.53. The molecule has 1 aromatic carbocycles. The van der Waals surface area contributed by atoms with Gasteiger partial charge in [-0.3, -0.25) is 0 Å². The summed E-state index contributed by atoms with van der Waals surface area (Å²) in [7, 11) is 0. The molecular weight excluding hydrogens is 172 g/mol. The second kappa shape index (κ2) is 2.41. The number of ether oxygens (including phenoxy) is 1. The van der Waals surface area contributed by atoms with Crippen LogP contribution in [0, 0.1) is 5.92 Å². The second-order valence-corrected chi connectivity index (χ2v) is 4.47. The summed E-state index contributed by atoms with van der Waals surface area (Å²) in [5.74, 6) is 2.02. The van der Waals surface area contributed by atoms with Gasteiger partial charge in [-0.1, -0.05) is 37.3 Å². The highest BCUT2D eigenvalue weighted by Crippen LogP contribution is 2.52. The van der Waals surface area contributed by atoms with Crippen LogP contribution < -0.4 is 4.74 Å². The van der Waals surface area contributed by atoms with E-state index in [1.807, 2.05) is 6.07 Å². The normalized spacial score (nSPS) is 37.9. The molecule has 0 amide bonds. The Balaban J connectivity index is 2.16. The van der Waals surface area contributed by atoms with Gasteiger partial charge in [0.25, 0.3) is 0 Å². The fourth-order valence-corrected chi connectivity index (χ4v) is 2.58. The van der Waals surface area contributed by atoms with Crippen LogP contribution in [0.3, 0.4) is 0 Å². The topological polar surface area (TPSA) is 9.23 Å². The first-order valence-electron chi connectivity index (χ1n) is 5.18. The molecule has 0 radical (unpaired) electrons. The third-order valence-corrected chi connectivity index (χ3v) is 3.70. The average molecular weight is 186 g/mol. The van der Waals surface area contributed by atoms with Crippen molar-refractivity contribution in [2.75, 3.05) is 0 Å². The van der Waals surface area contributed by atoms with Gasteiger partial charge in [-0.05, 0) is 13.0 Å². The van der Waals surface area contributed by atoms with Crippen molar-refractivity contribution < 1.29 is 4.74 Å². The molecule has 0 unspecified atom stereocenters. The predicted molar refractivity (Wildman–Crippen MR) is 56.5 cm³/mol. The van der Waals surface area contributed by atoms with Gasteiger partial charge in [0.2, 0.25) is 0 Å². The van der Waals surface area contributed by atoms with Crippen molar-refractivity contribution in [1.82, 2.24) is 0 Å². The van der Waals surface area contributed by atoms with Gasteiger partial charge in [-0.25, -0.2) is 0 Å². The van der Waals surface area contributed by atoms with Crippen LogP contribution in [0.2, 0.25) is 0 Å². The molecule has 0 fully saturated rings. The van der Waals surface area contributed by atoms with E-state index in [9.17, 15) is 0 Å². The fraction of sp³-hybridized carbons (Fsp3) is 0.385. The van der Waals surface area contributed by atoms with Crippen LogP contribution in [0.15, 0.2) is 36.4 Å². The van der Waals surface area contributed by atoms with E-state index in [0.29, 0.717) is 11.8 Å². The average Bonchev–Trinajstić information content (AvgIpc) is 2.61. The Bertz CT molecular complexity index is 407. The smallest absolute Gasteiger partial charge is 0.124 e. The molecule has 1 aliphatic heterocycles. The SMILES string of the molecule is C[C@@H]1C=C[C@@H]2c3ccccc3O[C@]12C. The molecule has 14 heavy (non-hydrogen) atoms. The third-order valence-electron chi connectivity index (χ3n) is 3.70. The van der Waals surface area contributed by atoms with Crippen molar-refractivity contribution in [3.05, 3.63) is 42.0 Å². The molecular formula is C13H14O. The van der Waals surface area contributed by atoms with Crippen LogP contribution >= 0.6 is 0 Å². The van der Waals surface area contributed by atoms with E-state index in [0.717, 1.165) is 5.75 Å². The van der Waals surface area contributed by atoms with Gasteiger partial charge >= 0.3 is 0 Å². The Labute approximate surface area is 84.4 Å². The first kappa shape index (κ1) is 8.10. The zero-order chi connectivity index (χ0) is 9.76. The molecule has 0 saturated carbocycles. The quantitative estimate of drug-likeness (QED) is 0.566. The minimum Gasteiger partial charge on any atom is -0.486 e. The number of fused-ring (bicyclic) bond motifs is 3. The van der Waals surface area contributed by atoms with Crippen LogP contribution in [-0.2, 0) is 0 Å². The highest BCUT2D eigenvalue weighted by Gasteiger charge is 2.49. The van der Waals surface area contributed by atoms with Crippen molar-refractivity contribution in [3.8, 4) is 5.75 Å². The molecule has 0 aromatic heterocycles. The molecule has 72 valence electrons. The van der Waals surface area contributed by atoms with Crippen molar-refractivity contribution in [1.29, 1.82) is 0 Å². The summed E-state index contributed by atoms with van der Waals surface area (Å²) in [5, 5.41) is 0. The molecule has 0 spiro atoms. The van der Waals surface area contributed by atoms with Crippen molar-refractivity contribution in [2.45, 2.75) is 25.4 Å². The van der Waals surface area contributed by atoms with E-state index in [1.54, 1.807) is 0 Å². The number of rotatable bonds is 0. The Morgan fingerprint density at radius 3 is 2.86 bits per heavy atom. The van der Waals surface area contributed by atoms with Gasteiger partial charge in [0, 0.05) is 17.4 Å². The highest BCUT2D eigenvalue weighted by molar-refractivity contribution is 5.48. The van der Waals surface area contributed by atoms with Gasteiger partial charge in [0.15, 0.2) is 0 Å². The van der Waals surface area contributed by atoms with Crippen molar-refractivity contribution >= 4 is 0 Å². The molecule has 1 aromatic rings. The van der Waals surface area contributed by atoms with Gasteiger partial charge in [0.05, 0.1) is 0 Å². The maximum atomic E-state index is 6.07. The Morgan fingerprint density at radius 2 is 2.00 bits per heavy atom. The van der Waals surface area contributed by atoms with Crippen LogP contribution in [0.1, 0.15) is 25.3 Å². The summed E-state index contributed by atoms with van der Waals surface area (Å²) in [4.78, 5) is 0. The second-order valence-electron chi connectivity index (χ2n) is 4.47. The molecule has 1 nitrogen and oxygen atoms in total. The minimum atomic E-state index is -0.0380. The lowest BCUT2D eigenvalue weighted by Gasteiger charge is -2.28. The third kappa shape index (κ3) is 0.802. The lowest BCUT2D eigenvalue weighted by molar-refractivity contribution is 0.0745. The lowest BCUT2D eigenvalue weighted by atomic mass is 9.84. The number of hydrogen-bond donors (Lipinski definition) is 0. The van der Waals surface area contributed by atoms with E-state index in [4.69, 9.17) is 4.74 Å².